The number of hydrogen-bond donors (Lipinski definition) is 2. The largest absolute Gasteiger partial charge is 0.422 e. The van der Waals surface area contributed by atoms with E-state index < -0.39 is 5.92 Å². The number of aryl methyl sites for hydroxylation is 1. The second-order valence-electron chi connectivity index (χ2n) is 4.74. The van der Waals surface area contributed by atoms with Crippen molar-refractivity contribution in [3.8, 4) is 11.9 Å². The first-order valence-electron chi connectivity index (χ1n) is 6.52. The van der Waals surface area contributed by atoms with E-state index in [9.17, 15) is 5.26 Å². The summed E-state index contributed by atoms with van der Waals surface area (Å²) in [6.07, 6.45) is 1.85. The average Bonchev–Trinajstić information content (AvgIpc) is 3.08. The number of aromatic amines is 1. The molecule has 1 aliphatic rings. The molecule has 0 aromatic carbocycles. The lowest BCUT2D eigenvalue weighted by Crippen LogP contribution is -2.30. The van der Waals surface area contributed by atoms with E-state index in [0.29, 0.717) is 5.88 Å². The Morgan fingerprint density at radius 1 is 1.60 bits per heavy atom. The van der Waals surface area contributed by atoms with Gasteiger partial charge in [0.05, 0.1) is 12.0 Å². The molecule has 0 saturated carbocycles. The average molecular weight is 286 g/mol. The number of H-pyrrole nitrogens is 1. The summed E-state index contributed by atoms with van der Waals surface area (Å²) in [5, 5.41) is 26.5. The van der Waals surface area contributed by atoms with Crippen LogP contribution in [0.2, 0.25) is 0 Å². The molecule has 2 atom stereocenters. The van der Waals surface area contributed by atoms with Crippen molar-refractivity contribution in [2.75, 3.05) is 0 Å². The molecule has 0 amide bonds. The maximum absolute atomic E-state index is 9.42. The second-order valence-corrected chi connectivity index (χ2v) is 5.72. The molecule has 2 aromatic rings. The van der Waals surface area contributed by atoms with Crippen LogP contribution in [0.1, 0.15) is 35.4 Å². The van der Waals surface area contributed by atoms with E-state index in [2.05, 4.69) is 23.2 Å². The smallest absolute Gasteiger partial charge is 0.243 e. The van der Waals surface area contributed by atoms with Crippen LogP contribution in [-0.2, 0) is 6.42 Å². The van der Waals surface area contributed by atoms with Gasteiger partial charge in [0.25, 0.3) is 0 Å². The lowest BCUT2D eigenvalue weighted by Gasteiger charge is -2.26. The molecule has 1 aliphatic heterocycles. The number of rotatable bonds is 3. The number of aromatic nitrogens is 2. The van der Waals surface area contributed by atoms with Crippen molar-refractivity contribution >= 4 is 17.2 Å². The Morgan fingerprint density at radius 2 is 2.45 bits per heavy atom. The van der Waals surface area contributed by atoms with Crippen molar-refractivity contribution in [2.45, 2.75) is 25.7 Å². The SMILES string of the molecule is CCCc1[nH]nc2c1C(c1cccs1)C(C#N)C(=N)O2. The van der Waals surface area contributed by atoms with Crippen LogP contribution < -0.4 is 4.74 Å². The van der Waals surface area contributed by atoms with Gasteiger partial charge in [-0.1, -0.05) is 19.4 Å². The van der Waals surface area contributed by atoms with Gasteiger partial charge in [0.15, 0.2) is 0 Å². The molecule has 2 aromatic heterocycles. The van der Waals surface area contributed by atoms with Crippen LogP contribution in [0.3, 0.4) is 0 Å². The van der Waals surface area contributed by atoms with E-state index in [1.54, 1.807) is 11.3 Å². The van der Waals surface area contributed by atoms with Crippen molar-refractivity contribution in [1.82, 2.24) is 10.2 Å². The fraction of sp³-hybridized carbons (Fsp3) is 0.357. The van der Waals surface area contributed by atoms with Crippen molar-refractivity contribution in [2.24, 2.45) is 5.92 Å². The van der Waals surface area contributed by atoms with Crippen LogP contribution in [0.25, 0.3) is 0 Å². The molecule has 3 heterocycles. The fourth-order valence-electron chi connectivity index (χ4n) is 2.60. The molecule has 3 rings (SSSR count). The minimum atomic E-state index is -0.589. The molecular formula is C14H14N4OS. The maximum Gasteiger partial charge on any atom is 0.243 e. The highest BCUT2D eigenvalue weighted by Gasteiger charge is 2.40. The summed E-state index contributed by atoms with van der Waals surface area (Å²) in [4.78, 5) is 1.07. The molecule has 20 heavy (non-hydrogen) atoms. The molecule has 5 nitrogen and oxygen atoms in total. The van der Waals surface area contributed by atoms with Gasteiger partial charge < -0.3 is 4.74 Å². The zero-order valence-electron chi connectivity index (χ0n) is 11.0. The minimum Gasteiger partial charge on any atom is -0.422 e. The molecule has 0 fully saturated rings. The number of nitrogens with one attached hydrogen (secondary N) is 2. The highest BCUT2D eigenvalue weighted by molar-refractivity contribution is 7.10. The number of fused-ring (bicyclic) bond motifs is 1. The molecule has 0 spiro atoms. The molecule has 0 saturated heterocycles. The van der Waals surface area contributed by atoms with Crippen molar-refractivity contribution < 1.29 is 4.74 Å². The Morgan fingerprint density at radius 3 is 3.10 bits per heavy atom. The molecule has 102 valence electrons. The van der Waals surface area contributed by atoms with Gasteiger partial charge in [0, 0.05) is 16.1 Å². The first kappa shape index (κ1) is 12.9. The Bertz CT molecular complexity index is 668. The van der Waals surface area contributed by atoms with Crippen molar-refractivity contribution in [3.63, 3.8) is 0 Å². The molecule has 6 heteroatoms. The standard InChI is InChI=1S/C14H14N4OS/c1-2-4-9-12-11(10-5-3-6-20-10)8(7-15)13(16)19-14(12)18-17-9/h3,5-6,8,11,16H,2,4H2,1H3,(H,17,18). The van der Waals surface area contributed by atoms with Crippen LogP contribution in [0.4, 0.5) is 0 Å². The highest BCUT2D eigenvalue weighted by Crippen LogP contribution is 2.44. The summed E-state index contributed by atoms with van der Waals surface area (Å²) in [5.41, 5.74) is 1.95. The number of hydrogen-bond acceptors (Lipinski definition) is 5. The van der Waals surface area contributed by atoms with Gasteiger partial charge in [-0.25, -0.2) is 0 Å². The first-order valence-corrected chi connectivity index (χ1v) is 7.40. The summed E-state index contributed by atoms with van der Waals surface area (Å²) in [5.74, 6) is -0.317. The Labute approximate surface area is 120 Å². The van der Waals surface area contributed by atoms with E-state index in [1.165, 1.54) is 0 Å². The molecule has 0 radical (unpaired) electrons. The van der Waals surface area contributed by atoms with Crippen LogP contribution in [0.5, 0.6) is 5.88 Å². The van der Waals surface area contributed by atoms with Crippen LogP contribution >= 0.6 is 11.3 Å². The summed E-state index contributed by atoms with van der Waals surface area (Å²) >= 11 is 1.60. The Kier molecular flexibility index (Phi) is 3.28. The third-order valence-corrected chi connectivity index (χ3v) is 4.43. The van der Waals surface area contributed by atoms with E-state index >= 15 is 0 Å². The van der Waals surface area contributed by atoms with Crippen LogP contribution in [0.15, 0.2) is 17.5 Å². The van der Waals surface area contributed by atoms with Gasteiger partial charge in [-0.2, -0.15) is 5.26 Å². The Hall–Kier alpha value is -2.13. The first-order chi connectivity index (χ1) is 9.76. The molecule has 2 unspecified atom stereocenters. The van der Waals surface area contributed by atoms with E-state index in [0.717, 1.165) is 29.0 Å². The number of ether oxygens (including phenoxy) is 1. The summed E-state index contributed by atoms with van der Waals surface area (Å²) in [7, 11) is 0. The third-order valence-electron chi connectivity index (χ3n) is 3.47. The number of nitriles is 1. The molecular weight excluding hydrogens is 272 g/mol. The highest BCUT2D eigenvalue weighted by atomic mass is 32.1. The van der Waals surface area contributed by atoms with E-state index in [-0.39, 0.29) is 11.8 Å². The maximum atomic E-state index is 9.42. The third kappa shape index (κ3) is 1.91. The number of nitrogens with zero attached hydrogens (tertiary/aromatic N) is 2. The van der Waals surface area contributed by atoms with Crippen LogP contribution in [-0.4, -0.2) is 16.1 Å². The minimum absolute atomic E-state index is 0.0204. The number of thiophene rings is 1. The van der Waals surface area contributed by atoms with E-state index in [4.69, 9.17) is 10.1 Å². The van der Waals surface area contributed by atoms with E-state index in [1.807, 2.05) is 17.5 Å². The zero-order chi connectivity index (χ0) is 14.1. The quantitative estimate of drug-likeness (QED) is 0.909. The Balaban J connectivity index is 2.16. The lowest BCUT2D eigenvalue weighted by atomic mass is 9.83. The second kappa shape index (κ2) is 5.10. The molecule has 2 N–H and O–H groups in total. The summed E-state index contributed by atoms with van der Waals surface area (Å²) in [6, 6.07) is 6.18. The predicted molar refractivity (Wildman–Crippen MR) is 76.2 cm³/mol. The lowest BCUT2D eigenvalue weighted by molar-refractivity contribution is 0.438. The normalized spacial score (nSPS) is 21.1. The van der Waals surface area contributed by atoms with Gasteiger partial charge in [-0.05, 0) is 17.9 Å². The molecule has 0 aliphatic carbocycles. The van der Waals surface area contributed by atoms with Gasteiger partial charge in [-0.15, -0.1) is 16.4 Å². The summed E-state index contributed by atoms with van der Waals surface area (Å²) < 4.78 is 5.41. The monoisotopic (exact) mass is 286 g/mol. The van der Waals surface area contributed by atoms with Gasteiger partial charge in [0.2, 0.25) is 11.8 Å². The van der Waals surface area contributed by atoms with Crippen molar-refractivity contribution in [1.29, 1.82) is 10.7 Å². The summed E-state index contributed by atoms with van der Waals surface area (Å²) in [6.45, 7) is 2.10. The topological polar surface area (TPSA) is 85.5 Å². The zero-order valence-corrected chi connectivity index (χ0v) is 11.8. The molecule has 0 bridgehead atoms. The van der Waals surface area contributed by atoms with Gasteiger partial charge in [0.1, 0.15) is 5.92 Å². The van der Waals surface area contributed by atoms with Gasteiger partial charge in [-0.3, -0.25) is 10.5 Å². The van der Waals surface area contributed by atoms with Gasteiger partial charge >= 0.3 is 0 Å². The predicted octanol–water partition coefficient (Wildman–Crippen LogP) is 3.07. The van der Waals surface area contributed by atoms with Crippen LogP contribution in [0, 0.1) is 22.7 Å². The van der Waals surface area contributed by atoms with Crippen molar-refractivity contribution in [3.05, 3.63) is 33.6 Å². The fourth-order valence-corrected chi connectivity index (χ4v) is 3.47.